The Labute approximate surface area is 112 Å². The van der Waals surface area contributed by atoms with Crippen molar-refractivity contribution in [2.24, 2.45) is 5.73 Å². The molecule has 0 radical (unpaired) electrons. The van der Waals surface area contributed by atoms with Crippen molar-refractivity contribution < 1.29 is 0 Å². The summed E-state index contributed by atoms with van der Waals surface area (Å²) in [5.41, 5.74) is 11.4. The van der Waals surface area contributed by atoms with Gasteiger partial charge in [-0.05, 0) is 24.6 Å². The van der Waals surface area contributed by atoms with Crippen LogP contribution in [0.1, 0.15) is 11.1 Å². The van der Waals surface area contributed by atoms with Crippen LogP contribution in [0.4, 0.5) is 0 Å². The van der Waals surface area contributed by atoms with Crippen LogP contribution in [0.2, 0.25) is 0 Å². The van der Waals surface area contributed by atoms with Crippen molar-refractivity contribution in [2.75, 3.05) is 0 Å². The highest BCUT2D eigenvalue weighted by atomic mass is 14.7. The lowest BCUT2D eigenvalue weighted by molar-refractivity contribution is 1.08. The van der Waals surface area contributed by atoms with E-state index in [1.807, 2.05) is 18.2 Å². The predicted molar refractivity (Wildman–Crippen MR) is 79.8 cm³/mol. The number of para-hydroxylation sites is 1. The van der Waals surface area contributed by atoms with Gasteiger partial charge in [-0.1, -0.05) is 48.0 Å². The third kappa shape index (κ3) is 2.23. The van der Waals surface area contributed by atoms with E-state index in [1.54, 1.807) is 0 Å². The van der Waals surface area contributed by atoms with E-state index in [-0.39, 0.29) is 0 Å². The summed E-state index contributed by atoms with van der Waals surface area (Å²) in [4.78, 5) is 4.73. The van der Waals surface area contributed by atoms with E-state index in [9.17, 15) is 0 Å². The zero-order valence-electron chi connectivity index (χ0n) is 10.9. The summed E-state index contributed by atoms with van der Waals surface area (Å²) in [7, 11) is 0. The average Bonchev–Trinajstić information content (AvgIpc) is 2.47. The number of nitrogens with zero attached hydrogens (tertiary/aromatic N) is 1. The van der Waals surface area contributed by atoms with Crippen LogP contribution < -0.4 is 5.73 Å². The van der Waals surface area contributed by atoms with Gasteiger partial charge in [0, 0.05) is 17.5 Å². The molecule has 0 fully saturated rings. The van der Waals surface area contributed by atoms with Gasteiger partial charge in [0.25, 0.3) is 0 Å². The van der Waals surface area contributed by atoms with Crippen LogP contribution in [0.15, 0.2) is 54.6 Å². The van der Waals surface area contributed by atoms with Crippen LogP contribution in [-0.4, -0.2) is 4.98 Å². The van der Waals surface area contributed by atoms with Gasteiger partial charge in [0.05, 0.1) is 11.2 Å². The smallest absolute Gasteiger partial charge is 0.0712 e. The van der Waals surface area contributed by atoms with E-state index in [0.717, 1.165) is 27.7 Å². The van der Waals surface area contributed by atoms with Crippen molar-refractivity contribution in [2.45, 2.75) is 13.5 Å². The van der Waals surface area contributed by atoms with Gasteiger partial charge in [-0.15, -0.1) is 0 Å². The first-order valence-electron chi connectivity index (χ1n) is 6.44. The molecule has 0 unspecified atom stereocenters. The molecule has 2 N–H and O–H groups in total. The summed E-state index contributed by atoms with van der Waals surface area (Å²) in [6.07, 6.45) is 0. The molecular formula is C17H16N2. The molecule has 3 aromatic rings. The Hall–Kier alpha value is -2.19. The van der Waals surface area contributed by atoms with E-state index in [0.29, 0.717) is 6.54 Å². The number of nitrogens with two attached hydrogens (primary N) is 1. The van der Waals surface area contributed by atoms with Crippen molar-refractivity contribution in [3.63, 3.8) is 0 Å². The van der Waals surface area contributed by atoms with Crippen molar-refractivity contribution >= 4 is 10.9 Å². The second-order valence-corrected chi connectivity index (χ2v) is 4.75. The lowest BCUT2D eigenvalue weighted by Crippen LogP contribution is -1.99. The first-order valence-corrected chi connectivity index (χ1v) is 6.44. The van der Waals surface area contributed by atoms with E-state index < -0.39 is 0 Å². The average molecular weight is 248 g/mol. The molecule has 94 valence electrons. The molecule has 2 nitrogen and oxygen atoms in total. The molecule has 19 heavy (non-hydrogen) atoms. The van der Waals surface area contributed by atoms with E-state index in [4.69, 9.17) is 10.7 Å². The Balaban J connectivity index is 2.22. The molecular weight excluding hydrogens is 232 g/mol. The van der Waals surface area contributed by atoms with Crippen LogP contribution in [0, 0.1) is 6.92 Å². The monoisotopic (exact) mass is 248 g/mol. The minimum absolute atomic E-state index is 0.530. The highest BCUT2D eigenvalue weighted by Gasteiger charge is 2.06. The maximum absolute atomic E-state index is 5.86. The van der Waals surface area contributed by atoms with Gasteiger partial charge < -0.3 is 5.73 Å². The number of benzene rings is 2. The lowest BCUT2D eigenvalue weighted by Gasteiger charge is -2.08. The number of fused-ring (bicyclic) bond motifs is 1. The number of hydrogen-bond acceptors (Lipinski definition) is 2. The Morgan fingerprint density at radius 1 is 1.00 bits per heavy atom. The molecule has 0 aliphatic heterocycles. The summed E-state index contributed by atoms with van der Waals surface area (Å²) in [5.74, 6) is 0. The van der Waals surface area contributed by atoms with Crippen molar-refractivity contribution in [1.29, 1.82) is 0 Å². The maximum Gasteiger partial charge on any atom is 0.0712 e. The largest absolute Gasteiger partial charge is 0.326 e. The van der Waals surface area contributed by atoms with Gasteiger partial charge in [0.15, 0.2) is 0 Å². The molecule has 0 aliphatic carbocycles. The number of pyridine rings is 1. The van der Waals surface area contributed by atoms with Gasteiger partial charge in [0.1, 0.15) is 0 Å². The van der Waals surface area contributed by atoms with E-state index in [1.165, 1.54) is 5.56 Å². The van der Waals surface area contributed by atoms with Crippen molar-refractivity contribution in [3.8, 4) is 11.3 Å². The van der Waals surface area contributed by atoms with Crippen LogP contribution in [0.25, 0.3) is 22.2 Å². The Kier molecular flexibility index (Phi) is 3.02. The molecule has 0 saturated carbocycles. The van der Waals surface area contributed by atoms with Gasteiger partial charge in [0.2, 0.25) is 0 Å². The molecule has 2 aromatic carbocycles. The summed E-state index contributed by atoms with van der Waals surface area (Å²) < 4.78 is 0. The molecule has 0 amide bonds. The fourth-order valence-electron chi connectivity index (χ4n) is 2.29. The highest BCUT2D eigenvalue weighted by molar-refractivity contribution is 5.85. The Morgan fingerprint density at radius 3 is 2.47 bits per heavy atom. The zero-order valence-corrected chi connectivity index (χ0v) is 10.9. The second kappa shape index (κ2) is 4.82. The quantitative estimate of drug-likeness (QED) is 0.751. The number of aromatic nitrogens is 1. The number of hydrogen-bond donors (Lipinski definition) is 1. The SMILES string of the molecule is Cc1ccc(-c2cc(CN)c3ccccc3n2)cc1. The normalized spacial score (nSPS) is 10.8. The minimum atomic E-state index is 0.530. The Bertz CT molecular complexity index is 715. The third-order valence-electron chi connectivity index (χ3n) is 3.37. The summed E-state index contributed by atoms with van der Waals surface area (Å²) in [6.45, 7) is 2.62. The van der Waals surface area contributed by atoms with E-state index >= 15 is 0 Å². The summed E-state index contributed by atoms with van der Waals surface area (Å²) in [6, 6.07) is 18.6. The van der Waals surface area contributed by atoms with Gasteiger partial charge >= 0.3 is 0 Å². The number of rotatable bonds is 2. The standard InChI is InChI=1S/C17H16N2/c1-12-6-8-13(9-7-12)17-10-14(11-18)15-4-2-3-5-16(15)19-17/h2-10H,11,18H2,1H3. The summed E-state index contributed by atoms with van der Waals surface area (Å²) >= 11 is 0. The van der Waals surface area contributed by atoms with Gasteiger partial charge in [-0.2, -0.15) is 0 Å². The zero-order chi connectivity index (χ0) is 13.2. The first kappa shape index (κ1) is 11.9. The summed E-state index contributed by atoms with van der Waals surface area (Å²) in [5, 5.41) is 1.14. The topological polar surface area (TPSA) is 38.9 Å². The van der Waals surface area contributed by atoms with Crippen molar-refractivity contribution in [1.82, 2.24) is 4.98 Å². The number of aryl methyl sites for hydroxylation is 1. The van der Waals surface area contributed by atoms with Crippen LogP contribution in [0.5, 0.6) is 0 Å². The fraction of sp³-hybridized carbons (Fsp3) is 0.118. The highest BCUT2D eigenvalue weighted by Crippen LogP contribution is 2.24. The second-order valence-electron chi connectivity index (χ2n) is 4.75. The predicted octanol–water partition coefficient (Wildman–Crippen LogP) is 3.67. The molecule has 1 aromatic heterocycles. The first-order chi connectivity index (χ1) is 9.28. The van der Waals surface area contributed by atoms with Gasteiger partial charge in [-0.25, -0.2) is 4.98 Å². The molecule has 0 saturated heterocycles. The molecule has 0 bridgehead atoms. The van der Waals surface area contributed by atoms with E-state index in [2.05, 4.69) is 43.3 Å². The van der Waals surface area contributed by atoms with Crippen LogP contribution in [0.3, 0.4) is 0 Å². The molecule has 0 atom stereocenters. The molecule has 0 spiro atoms. The van der Waals surface area contributed by atoms with Crippen LogP contribution in [-0.2, 0) is 6.54 Å². The maximum atomic E-state index is 5.86. The van der Waals surface area contributed by atoms with Crippen molar-refractivity contribution in [3.05, 3.63) is 65.7 Å². The molecule has 1 heterocycles. The van der Waals surface area contributed by atoms with Gasteiger partial charge in [-0.3, -0.25) is 0 Å². The fourth-order valence-corrected chi connectivity index (χ4v) is 2.29. The lowest BCUT2D eigenvalue weighted by atomic mass is 10.0. The molecule has 0 aliphatic rings. The molecule has 3 rings (SSSR count). The molecule has 2 heteroatoms. The third-order valence-corrected chi connectivity index (χ3v) is 3.37. The van der Waals surface area contributed by atoms with Crippen LogP contribution >= 0.6 is 0 Å². The Morgan fingerprint density at radius 2 is 1.74 bits per heavy atom. The minimum Gasteiger partial charge on any atom is -0.326 e.